The van der Waals surface area contributed by atoms with Crippen molar-refractivity contribution in [1.29, 1.82) is 0 Å². The van der Waals surface area contributed by atoms with E-state index in [1.807, 2.05) is 54.6 Å². The number of piperazine rings is 1. The molecule has 2 amide bonds. The molecule has 0 aromatic heterocycles. The van der Waals surface area contributed by atoms with Gasteiger partial charge >= 0.3 is 0 Å². The summed E-state index contributed by atoms with van der Waals surface area (Å²) in [6, 6.07) is 19.7. The molecule has 0 radical (unpaired) electrons. The fourth-order valence-electron chi connectivity index (χ4n) is 4.87. The van der Waals surface area contributed by atoms with Crippen LogP contribution in [0.25, 0.3) is 6.08 Å². The van der Waals surface area contributed by atoms with Crippen LogP contribution < -0.4 is 19.9 Å². The van der Waals surface area contributed by atoms with Gasteiger partial charge in [0.05, 0.1) is 17.7 Å². The van der Waals surface area contributed by atoms with E-state index in [0.717, 1.165) is 66.7 Å². The molecule has 1 fully saturated rings. The van der Waals surface area contributed by atoms with Crippen LogP contribution in [0.1, 0.15) is 22.3 Å². The number of nitrogens with one attached hydrogen (secondary N) is 1. The number of amides is 2. The summed E-state index contributed by atoms with van der Waals surface area (Å²) in [6.45, 7) is 5.14. The van der Waals surface area contributed by atoms with Crippen LogP contribution in [-0.2, 0) is 4.79 Å². The summed E-state index contributed by atoms with van der Waals surface area (Å²) >= 11 is 1.41. The molecular weight excluding hydrogens is 527 g/mol. The molecule has 7 nitrogen and oxygen atoms in total. The third kappa shape index (κ3) is 6.48. The fourth-order valence-corrected chi connectivity index (χ4v) is 5.97. The van der Waals surface area contributed by atoms with Gasteiger partial charge in [0.25, 0.3) is 11.8 Å². The van der Waals surface area contributed by atoms with Crippen LogP contribution in [0, 0.1) is 5.82 Å². The lowest BCUT2D eigenvalue weighted by molar-refractivity contribution is -0.114. The maximum atomic E-state index is 13.2. The minimum absolute atomic E-state index is 0.106. The summed E-state index contributed by atoms with van der Waals surface area (Å²) < 4.78 is 18.4. The molecule has 3 aromatic rings. The van der Waals surface area contributed by atoms with Crippen LogP contribution in [0.15, 0.2) is 76.5 Å². The predicted octanol–water partition coefficient (Wildman–Crippen LogP) is 4.89. The van der Waals surface area contributed by atoms with Gasteiger partial charge in [0.15, 0.2) is 0 Å². The molecule has 0 unspecified atom stereocenters. The number of rotatable bonds is 8. The Kier molecular flexibility index (Phi) is 8.72. The number of halogens is 1. The summed E-state index contributed by atoms with van der Waals surface area (Å²) in [5, 5.41) is 3.02. The number of hydrogen-bond donors (Lipinski definition) is 1. The summed E-state index contributed by atoms with van der Waals surface area (Å²) in [7, 11) is 3.36. The lowest BCUT2D eigenvalue weighted by atomic mass is 10.1. The highest BCUT2D eigenvalue weighted by atomic mass is 32.2. The van der Waals surface area contributed by atoms with E-state index in [1.54, 1.807) is 25.1 Å². The number of hydrogen-bond acceptors (Lipinski definition) is 6. The fraction of sp³-hybridized carbons (Fsp3) is 0.290. The first kappa shape index (κ1) is 27.7. The molecular formula is C31H33FN4O3S. The van der Waals surface area contributed by atoms with E-state index in [9.17, 15) is 14.0 Å². The van der Waals surface area contributed by atoms with Crippen molar-refractivity contribution in [1.82, 2.24) is 10.2 Å². The van der Waals surface area contributed by atoms with Crippen molar-refractivity contribution in [3.05, 3.63) is 88.6 Å². The van der Waals surface area contributed by atoms with Gasteiger partial charge < -0.3 is 19.9 Å². The zero-order valence-corrected chi connectivity index (χ0v) is 23.5. The number of thioether (sulfide) groups is 1. The highest BCUT2D eigenvalue weighted by molar-refractivity contribution is 8.04. The molecule has 9 heteroatoms. The molecule has 40 heavy (non-hydrogen) atoms. The molecule has 0 spiro atoms. The largest absolute Gasteiger partial charge is 0.497 e. The number of ether oxygens (including phenoxy) is 1. The number of carbonyl (C=O) groups excluding carboxylic acids is 2. The van der Waals surface area contributed by atoms with E-state index >= 15 is 0 Å². The Morgan fingerprint density at radius 1 is 1.02 bits per heavy atom. The molecule has 208 valence electrons. The number of methoxy groups -OCH3 is 1. The number of carbonyl (C=O) groups is 2. The number of benzene rings is 3. The van der Waals surface area contributed by atoms with Crippen molar-refractivity contribution in [3.8, 4) is 5.75 Å². The molecule has 0 atom stereocenters. The summed E-state index contributed by atoms with van der Waals surface area (Å²) in [5.41, 5.74) is 3.23. The third-order valence-corrected chi connectivity index (χ3v) is 8.31. The van der Waals surface area contributed by atoms with Crippen molar-refractivity contribution >= 4 is 41.0 Å². The number of anilines is 2. The lowest BCUT2D eigenvalue weighted by Crippen LogP contribution is -2.47. The van der Waals surface area contributed by atoms with Crippen LogP contribution in [0.3, 0.4) is 0 Å². The average molecular weight is 561 g/mol. The van der Waals surface area contributed by atoms with Gasteiger partial charge in [0.1, 0.15) is 11.6 Å². The third-order valence-electron chi connectivity index (χ3n) is 7.23. The molecule has 0 saturated carbocycles. The van der Waals surface area contributed by atoms with Gasteiger partial charge in [-0.3, -0.25) is 14.5 Å². The van der Waals surface area contributed by atoms with Gasteiger partial charge in [-0.2, -0.15) is 0 Å². The molecule has 0 aliphatic carbocycles. The Balaban J connectivity index is 1.11. The van der Waals surface area contributed by atoms with E-state index in [4.69, 9.17) is 4.74 Å². The quantitative estimate of drug-likeness (QED) is 0.313. The Hall–Kier alpha value is -3.82. The summed E-state index contributed by atoms with van der Waals surface area (Å²) in [5.74, 6) is 0.297. The SMILES string of the molecule is COc1ccc(/C=C2\Sc3ccc(C(=O)NCCCN4CCN(c5ccc(F)cc5)CC4)cc3N(C)C2=O)cc1. The van der Waals surface area contributed by atoms with E-state index in [0.29, 0.717) is 17.0 Å². The van der Waals surface area contributed by atoms with Gasteiger partial charge in [0, 0.05) is 55.9 Å². The molecule has 2 aliphatic heterocycles. The Bertz CT molecular complexity index is 1390. The summed E-state index contributed by atoms with van der Waals surface area (Å²) in [4.78, 5) is 33.7. The van der Waals surface area contributed by atoms with Crippen molar-refractivity contribution in [2.75, 3.05) is 63.2 Å². The van der Waals surface area contributed by atoms with Crippen molar-refractivity contribution < 1.29 is 18.7 Å². The molecule has 0 bridgehead atoms. The Labute approximate surface area is 238 Å². The maximum absolute atomic E-state index is 13.2. The molecule has 5 rings (SSSR count). The van der Waals surface area contributed by atoms with Crippen LogP contribution in [0.4, 0.5) is 15.8 Å². The number of fused-ring (bicyclic) bond motifs is 1. The standard InChI is InChI=1S/C31H33FN4O3S/c1-34-27-21-23(6-13-28(27)40-29(31(34)38)20-22-4-11-26(39-2)12-5-22)30(37)33-14-3-15-35-16-18-36(19-17-35)25-9-7-24(32)8-10-25/h4-13,20-21H,3,14-19H2,1-2H3,(H,33,37)/b29-20-. The Morgan fingerprint density at radius 2 is 1.75 bits per heavy atom. The van der Waals surface area contributed by atoms with Gasteiger partial charge in [0.2, 0.25) is 0 Å². The van der Waals surface area contributed by atoms with Gasteiger partial charge in [-0.1, -0.05) is 23.9 Å². The van der Waals surface area contributed by atoms with Gasteiger partial charge in [-0.15, -0.1) is 0 Å². The van der Waals surface area contributed by atoms with E-state index in [1.165, 1.54) is 23.9 Å². The van der Waals surface area contributed by atoms with Crippen molar-refractivity contribution in [2.45, 2.75) is 11.3 Å². The molecule has 2 heterocycles. The topological polar surface area (TPSA) is 65.1 Å². The first-order valence-electron chi connectivity index (χ1n) is 13.4. The first-order valence-corrected chi connectivity index (χ1v) is 14.2. The molecule has 1 N–H and O–H groups in total. The highest BCUT2D eigenvalue weighted by Crippen LogP contribution is 2.42. The van der Waals surface area contributed by atoms with Crippen LogP contribution in [0.5, 0.6) is 5.75 Å². The minimum atomic E-state index is -0.216. The number of nitrogens with zero attached hydrogens (tertiary/aromatic N) is 3. The Morgan fingerprint density at radius 3 is 2.45 bits per heavy atom. The van der Waals surface area contributed by atoms with E-state index in [-0.39, 0.29) is 17.6 Å². The smallest absolute Gasteiger partial charge is 0.264 e. The molecule has 3 aromatic carbocycles. The molecule has 1 saturated heterocycles. The zero-order valence-electron chi connectivity index (χ0n) is 22.7. The van der Waals surface area contributed by atoms with Crippen LogP contribution >= 0.6 is 11.8 Å². The minimum Gasteiger partial charge on any atom is -0.497 e. The lowest BCUT2D eigenvalue weighted by Gasteiger charge is -2.36. The predicted molar refractivity (Wildman–Crippen MR) is 159 cm³/mol. The van der Waals surface area contributed by atoms with E-state index < -0.39 is 0 Å². The monoisotopic (exact) mass is 560 g/mol. The van der Waals surface area contributed by atoms with Crippen molar-refractivity contribution in [3.63, 3.8) is 0 Å². The second-order valence-electron chi connectivity index (χ2n) is 9.85. The van der Waals surface area contributed by atoms with E-state index in [2.05, 4.69) is 15.1 Å². The highest BCUT2D eigenvalue weighted by Gasteiger charge is 2.27. The van der Waals surface area contributed by atoms with Gasteiger partial charge in [-0.25, -0.2) is 4.39 Å². The van der Waals surface area contributed by atoms with Crippen LogP contribution in [-0.4, -0.2) is 70.1 Å². The average Bonchev–Trinajstić information content (AvgIpc) is 2.99. The number of likely N-dealkylation sites (N-methyl/N-ethyl adjacent to an activating group) is 1. The summed E-state index contributed by atoms with van der Waals surface area (Å²) in [6.07, 6.45) is 2.72. The second kappa shape index (κ2) is 12.6. The normalized spacial score (nSPS) is 16.7. The zero-order chi connectivity index (χ0) is 28.1. The molecule has 2 aliphatic rings. The first-order chi connectivity index (χ1) is 19.4. The second-order valence-corrected chi connectivity index (χ2v) is 10.9. The maximum Gasteiger partial charge on any atom is 0.264 e. The van der Waals surface area contributed by atoms with Crippen LogP contribution in [0.2, 0.25) is 0 Å². The van der Waals surface area contributed by atoms with Crippen molar-refractivity contribution in [2.24, 2.45) is 0 Å². The van der Waals surface area contributed by atoms with Gasteiger partial charge in [-0.05, 0) is 79.2 Å².